The molecular formula is C15H17ClN4OS. The third kappa shape index (κ3) is 3.75. The van der Waals surface area contributed by atoms with Crippen molar-refractivity contribution in [2.75, 3.05) is 12.3 Å². The van der Waals surface area contributed by atoms with Gasteiger partial charge in [-0.2, -0.15) is 0 Å². The zero-order valence-corrected chi connectivity index (χ0v) is 13.5. The number of hydrogen-bond donors (Lipinski definition) is 2. The van der Waals surface area contributed by atoms with Gasteiger partial charge < -0.3 is 15.2 Å². The summed E-state index contributed by atoms with van der Waals surface area (Å²) in [5.41, 5.74) is 1.11. The second-order valence-electron chi connectivity index (χ2n) is 5.07. The van der Waals surface area contributed by atoms with Gasteiger partial charge in [0, 0.05) is 41.2 Å². The van der Waals surface area contributed by atoms with E-state index in [-0.39, 0.29) is 12.1 Å². The summed E-state index contributed by atoms with van der Waals surface area (Å²) < 4.78 is 1.92. The van der Waals surface area contributed by atoms with Gasteiger partial charge in [0.2, 0.25) is 0 Å². The summed E-state index contributed by atoms with van der Waals surface area (Å²) >= 11 is 7.88. The fourth-order valence-corrected chi connectivity index (χ4v) is 3.73. The number of amides is 2. The van der Waals surface area contributed by atoms with E-state index in [0.717, 1.165) is 17.7 Å². The zero-order valence-electron chi connectivity index (χ0n) is 12.0. The highest BCUT2D eigenvalue weighted by Gasteiger charge is 2.22. The first-order chi connectivity index (χ1) is 10.7. The summed E-state index contributed by atoms with van der Waals surface area (Å²) in [5, 5.41) is 6.61. The number of urea groups is 1. The third-order valence-corrected chi connectivity index (χ3v) is 4.89. The Morgan fingerprint density at radius 2 is 2.41 bits per heavy atom. The van der Waals surface area contributed by atoms with Gasteiger partial charge in [-0.05, 0) is 30.2 Å². The Morgan fingerprint density at radius 1 is 1.50 bits per heavy atom. The zero-order chi connectivity index (χ0) is 15.4. The summed E-state index contributed by atoms with van der Waals surface area (Å²) in [6.45, 7) is 1.27. The number of nitrogens with zero attached hydrogens (tertiary/aromatic N) is 2. The first-order valence-electron chi connectivity index (χ1n) is 7.15. The number of carbonyl (C=O) groups excluding carboxylic acids is 1. The molecule has 0 spiro atoms. The van der Waals surface area contributed by atoms with Crippen LogP contribution in [0.1, 0.15) is 18.0 Å². The maximum Gasteiger partial charge on any atom is 0.315 e. The second kappa shape index (κ2) is 7.07. The normalized spacial score (nSPS) is 16.9. The highest BCUT2D eigenvalue weighted by Crippen LogP contribution is 2.37. The Labute approximate surface area is 138 Å². The van der Waals surface area contributed by atoms with Gasteiger partial charge >= 0.3 is 6.03 Å². The number of rotatable bonds is 4. The van der Waals surface area contributed by atoms with Gasteiger partial charge in [0.1, 0.15) is 0 Å². The van der Waals surface area contributed by atoms with Crippen molar-refractivity contribution in [3.05, 3.63) is 47.5 Å². The van der Waals surface area contributed by atoms with Crippen LogP contribution in [0, 0.1) is 0 Å². The van der Waals surface area contributed by atoms with Crippen LogP contribution >= 0.6 is 23.4 Å². The smallest absolute Gasteiger partial charge is 0.315 e. The molecule has 1 aromatic carbocycles. The first-order valence-corrected chi connectivity index (χ1v) is 8.51. The van der Waals surface area contributed by atoms with E-state index < -0.39 is 0 Å². The fourth-order valence-electron chi connectivity index (χ4n) is 2.44. The Morgan fingerprint density at radius 3 is 3.23 bits per heavy atom. The van der Waals surface area contributed by atoms with Gasteiger partial charge in [0.15, 0.2) is 0 Å². The molecule has 0 radical (unpaired) electrons. The van der Waals surface area contributed by atoms with E-state index in [9.17, 15) is 4.79 Å². The van der Waals surface area contributed by atoms with Crippen LogP contribution in [-0.4, -0.2) is 27.9 Å². The summed E-state index contributed by atoms with van der Waals surface area (Å²) in [6, 6.07) is 5.72. The minimum absolute atomic E-state index is 0.0168. The Hall–Kier alpha value is -1.66. The predicted molar refractivity (Wildman–Crippen MR) is 88.3 cm³/mol. The molecule has 116 valence electrons. The van der Waals surface area contributed by atoms with Crippen LogP contribution in [0.3, 0.4) is 0 Å². The van der Waals surface area contributed by atoms with Crippen LogP contribution in [0.4, 0.5) is 4.79 Å². The van der Waals surface area contributed by atoms with Crippen LogP contribution in [0.15, 0.2) is 41.8 Å². The molecule has 0 fully saturated rings. The number of thioether (sulfide) groups is 1. The average molecular weight is 337 g/mol. The lowest BCUT2D eigenvalue weighted by molar-refractivity contribution is 0.236. The van der Waals surface area contributed by atoms with Crippen molar-refractivity contribution in [3.63, 3.8) is 0 Å². The number of nitrogens with one attached hydrogen (secondary N) is 2. The monoisotopic (exact) mass is 336 g/mol. The van der Waals surface area contributed by atoms with Gasteiger partial charge in [-0.25, -0.2) is 9.78 Å². The van der Waals surface area contributed by atoms with E-state index in [1.807, 2.05) is 29.0 Å². The molecule has 2 aromatic rings. The molecule has 7 heteroatoms. The highest BCUT2D eigenvalue weighted by molar-refractivity contribution is 7.99. The van der Waals surface area contributed by atoms with E-state index in [0.29, 0.717) is 18.1 Å². The summed E-state index contributed by atoms with van der Waals surface area (Å²) in [6.07, 6.45) is 6.24. The van der Waals surface area contributed by atoms with Crippen molar-refractivity contribution < 1.29 is 4.79 Å². The Bertz CT molecular complexity index is 647. The summed E-state index contributed by atoms with van der Waals surface area (Å²) in [4.78, 5) is 17.2. The van der Waals surface area contributed by atoms with Crippen molar-refractivity contribution in [1.82, 2.24) is 20.2 Å². The SMILES string of the molecule is O=C(NCCn1ccnc1)N[C@@H]1CCSc2ccc(Cl)cc21. The molecule has 2 heterocycles. The maximum atomic E-state index is 12.0. The molecule has 22 heavy (non-hydrogen) atoms. The predicted octanol–water partition coefficient (Wildman–Crippen LogP) is 3.07. The average Bonchev–Trinajstić information content (AvgIpc) is 3.01. The second-order valence-corrected chi connectivity index (χ2v) is 6.65. The van der Waals surface area contributed by atoms with Gasteiger partial charge in [0.25, 0.3) is 0 Å². The van der Waals surface area contributed by atoms with Crippen LogP contribution in [-0.2, 0) is 6.54 Å². The molecule has 3 rings (SSSR count). The van der Waals surface area contributed by atoms with Crippen LogP contribution in [0.5, 0.6) is 0 Å². The quantitative estimate of drug-likeness (QED) is 0.902. The van der Waals surface area contributed by atoms with E-state index >= 15 is 0 Å². The maximum absolute atomic E-state index is 12.0. The number of hydrogen-bond acceptors (Lipinski definition) is 3. The number of aromatic nitrogens is 2. The molecule has 0 bridgehead atoms. The van der Waals surface area contributed by atoms with Crippen LogP contribution in [0.2, 0.25) is 5.02 Å². The lowest BCUT2D eigenvalue weighted by atomic mass is 10.0. The molecule has 5 nitrogen and oxygen atoms in total. The molecule has 1 atom stereocenters. The lowest BCUT2D eigenvalue weighted by Gasteiger charge is -2.26. The molecule has 2 amide bonds. The molecule has 0 unspecified atom stereocenters. The van der Waals surface area contributed by atoms with Crippen molar-refractivity contribution >= 4 is 29.4 Å². The van der Waals surface area contributed by atoms with E-state index in [4.69, 9.17) is 11.6 Å². The number of fused-ring (bicyclic) bond motifs is 1. The number of benzene rings is 1. The van der Waals surface area contributed by atoms with Gasteiger partial charge in [-0.15, -0.1) is 11.8 Å². The number of imidazole rings is 1. The minimum Gasteiger partial charge on any atom is -0.336 e. The molecular weight excluding hydrogens is 320 g/mol. The van der Waals surface area contributed by atoms with E-state index in [1.54, 1.807) is 24.3 Å². The number of halogens is 1. The summed E-state index contributed by atoms with van der Waals surface area (Å²) in [7, 11) is 0. The highest BCUT2D eigenvalue weighted by atomic mass is 35.5. The molecule has 2 N–H and O–H groups in total. The van der Waals surface area contributed by atoms with Gasteiger partial charge in [-0.1, -0.05) is 11.6 Å². The minimum atomic E-state index is -0.150. The Balaban J connectivity index is 1.55. The molecule has 0 saturated heterocycles. The molecule has 1 aromatic heterocycles. The first kappa shape index (κ1) is 15.2. The molecule has 1 aliphatic rings. The van der Waals surface area contributed by atoms with Crippen LogP contribution < -0.4 is 10.6 Å². The van der Waals surface area contributed by atoms with Gasteiger partial charge in [-0.3, -0.25) is 0 Å². The van der Waals surface area contributed by atoms with Crippen molar-refractivity contribution in [3.8, 4) is 0 Å². The largest absolute Gasteiger partial charge is 0.336 e. The van der Waals surface area contributed by atoms with Crippen molar-refractivity contribution in [2.45, 2.75) is 23.9 Å². The third-order valence-electron chi connectivity index (χ3n) is 3.53. The van der Waals surface area contributed by atoms with Crippen molar-refractivity contribution in [2.24, 2.45) is 0 Å². The van der Waals surface area contributed by atoms with E-state index in [1.165, 1.54) is 4.90 Å². The van der Waals surface area contributed by atoms with Crippen molar-refractivity contribution in [1.29, 1.82) is 0 Å². The Kier molecular flexibility index (Phi) is 4.90. The molecule has 0 saturated carbocycles. The fraction of sp³-hybridized carbons (Fsp3) is 0.333. The standard InChI is InChI=1S/C15H17ClN4OS/c16-11-1-2-14-12(9-11)13(3-8-22-14)19-15(21)18-5-7-20-6-4-17-10-20/h1-2,4,6,9-10,13H,3,5,7-8H2,(H2,18,19,21)/t13-/m1/s1. The molecule has 0 aliphatic carbocycles. The topological polar surface area (TPSA) is 59.0 Å². The lowest BCUT2D eigenvalue weighted by Crippen LogP contribution is -2.40. The van der Waals surface area contributed by atoms with Gasteiger partial charge in [0.05, 0.1) is 12.4 Å². The van der Waals surface area contributed by atoms with Crippen LogP contribution in [0.25, 0.3) is 0 Å². The molecule has 1 aliphatic heterocycles. The number of carbonyl (C=O) groups is 1. The summed E-state index contributed by atoms with van der Waals surface area (Å²) in [5.74, 6) is 0.995. The van der Waals surface area contributed by atoms with E-state index in [2.05, 4.69) is 15.6 Å².